The average molecular weight is 326 g/mol. The first kappa shape index (κ1) is 18.3. The summed E-state index contributed by atoms with van der Waals surface area (Å²) < 4.78 is 5.59. The van der Waals surface area contributed by atoms with Gasteiger partial charge in [-0.15, -0.1) is 0 Å². The van der Waals surface area contributed by atoms with Crippen LogP contribution in [0.25, 0.3) is 0 Å². The topological polar surface area (TPSA) is 38.5 Å². The number of anilines is 1. The van der Waals surface area contributed by atoms with Crippen LogP contribution < -0.4 is 15.4 Å². The maximum Gasteiger partial charge on any atom is 0.122 e. The zero-order chi connectivity index (χ0) is 17.7. The zero-order valence-corrected chi connectivity index (χ0v) is 15.5. The van der Waals surface area contributed by atoms with E-state index >= 15 is 0 Å². The molecule has 3 nitrogen and oxygen atoms in total. The van der Waals surface area contributed by atoms with Gasteiger partial charge in [0.15, 0.2) is 0 Å². The first-order valence-corrected chi connectivity index (χ1v) is 8.60. The molecule has 0 fully saturated rings. The molecule has 0 saturated heterocycles. The summed E-state index contributed by atoms with van der Waals surface area (Å²) >= 11 is 0. The highest BCUT2D eigenvalue weighted by molar-refractivity contribution is 5.47. The summed E-state index contributed by atoms with van der Waals surface area (Å²) in [6.07, 6.45) is 0.919. The molecule has 2 rings (SSSR count). The molecule has 2 aromatic carbocycles. The number of hydrogen-bond acceptors (Lipinski definition) is 3. The molecular weight excluding hydrogens is 296 g/mol. The summed E-state index contributed by atoms with van der Waals surface area (Å²) in [5.74, 6) is 1.68. The Morgan fingerprint density at radius 3 is 2.21 bits per heavy atom. The standard InChI is InChI=1S/C21H30N2O/c1-15(2)17-8-11-21(24-5)20(13-17)18(14-22)12-16-6-9-19(10-7-16)23(3)4/h6-11,13,15,18H,12,14,22H2,1-5H3. The first-order chi connectivity index (χ1) is 11.5. The van der Waals surface area contributed by atoms with Crippen molar-refractivity contribution in [3.63, 3.8) is 0 Å². The number of benzene rings is 2. The lowest BCUT2D eigenvalue weighted by Crippen LogP contribution is -2.16. The normalized spacial score (nSPS) is 12.3. The van der Waals surface area contributed by atoms with Gasteiger partial charge in [0.25, 0.3) is 0 Å². The third-order valence-electron chi connectivity index (χ3n) is 4.58. The van der Waals surface area contributed by atoms with E-state index in [0.29, 0.717) is 12.5 Å². The number of nitrogens with zero attached hydrogens (tertiary/aromatic N) is 1. The van der Waals surface area contributed by atoms with Crippen molar-refractivity contribution >= 4 is 5.69 Å². The van der Waals surface area contributed by atoms with Crippen LogP contribution in [0.1, 0.15) is 42.4 Å². The number of nitrogens with two attached hydrogens (primary N) is 1. The van der Waals surface area contributed by atoms with Crippen molar-refractivity contribution in [3.05, 3.63) is 59.2 Å². The summed E-state index contributed by atoms with van der Waals surface area (Å²) in [7, 11) is 5.84. The Hall–Kier alpha value is -2.00. The van der Waals surface area contributed by atoms with Crippen LogP contribution >= 0.6 is 0 Å². The second kappa shape index (κ2) is 8.20. The van der Waals surface area contributed by atoms with E-state index in [0.717, 1.165) is 12.2 Å². The summed E-state index contributed by atoms with van der Waals surface area (Å²) in [5, 5.41) is 0. The Morgan fingerprint density at radius 1 is 1.04 bits per heavy atom. The average Bonchev–Trinajstić information content (AvgIpc) is 2.59. The number of rotatable bonds is 7. The van der Waals surface area contributed by atoms with E-state index in [1.807, 2.05) is 0 Å². The van der Waals surface area contributed by atoms with Gasteiger partial charge in [0.2, 0.25) is 0 Å². The molecule has 0 amide bonds. The third kappa shape index (κ3) is 4.30. The van der Waals surface area contributed by atoms with Crippen molar-refractivity contribution in [3.8, 4) is 5.75 Å². The minimum absolute atomic E-state index is 0.254. The molecule has 0 heterocycles. The van der Waals surface area contributed by atoms with Gasteiger partial charge in [-0.25, -0.2) is 0 Å². The van der Waals surface area contributed by atoms with Gasteiger partial charge in [-0.05, 0) is 53.8 Å². The highest BCUT2D eigenvalue weighted by Crippen LogP contribution is 2.32. The van der Waals surface area contributed by atoms with Crippen molar-refractivity contribution in [2.24, 2.45) is 5.73 Å². The van der Waals surface area contributed by atoms with Crippen molar-refractivity contribution < 1.29 is 4.74 Å². The fourth-order valence-corrected chi connectivity index (χ4v) is 2.97. The van der Waals surface area contributed by atoms with E-state index in [2.05, 4.69) is 75.3 Å². The highest BCUT2D eigenvalue weighted by Gasteiger charge is 2.17. The maximum absolute atomic E-state index is 6.12. The number of hydrogen-bond donors (Lipinski definition) is 1. The summed E-state index contributed by atoms with van der Waals surface area (Å²) in [4.78, 5) is 2.11. The predicted octanol–water partition coefficient (Wildman–Crippen LogP) is 4.17. The smallest absolute Gasteiger partial charge is 0.122 e. The monoisotopic (exact) mass is 326 g/mol. The Morgan fingerprint density at radius 2 is 1.71 bits per heavy atom. The summed E-state index contributed by atoms with van der Waals surface area (Å²) in [6, 6.07) is 15.2. The number of methoxy groups -OCH3 is 1. The third-order valence-corrected chi connectivity index (χ3v) is 4.58. The molecule has 0 aromatic heterocycles. The molecule has 1 unspecified atom stereocenters. The van der Waals surface area contributed by atoms with E-state index in [9.17, 15) is 0 Å². The molecule has 2 aromatic rings. The molecule has 2 N–H and O–H groups in total. The van der Waals surface area contributed by atoms with Crippen LogP contribution in [0.15, 0.2) is 42.5 Å². The summed E-state index contributed by atoms with van der Waals surface area (Å²) in [6.45, 7) is 5.03. The maximum atomic E-state index is 6.12. The lowest BCUT2D eigenvalue weighted by atomic mass is 9.88. The van der Waals surface area contributed by atoms with Crippen molar-refractivity contribution in [1.82, 2.24) is 0 Å². The van der Waals surface area contributed by atoms with Crippen LogP contribution in [0.5, 0.6) is 5.75 Å². The Kier molecular flexibility index (Phi) is 6.27. The van der Waals surface area contributed by atoms with E-state index in [1.54, 1.807) is 7.11 Å². The van der Waals surface area contributed by atoms with Crippen molar-refractivity contribution in [1.29, 1.82) is 0 Å². The van der Waals surface area contributed by atoms with Gasteiger partial charge in [-0.1, -0.05) is 38.1 Å². The molecule has 0 aliphatic rings. The van der Waals surface area contributed by atoms with Crippen LogP contribution in [-0.4, -0.2) is 27.7 Å². The van der Waals surface area contributed by atoms with Gasteiger partial charge in [-0.3, -0.25) is 0 Å². The lowest BCUT2D eigenvalue weighted by Gasteiger charge is -2.21. The van der Waals surface area contributed by atoms with Gasteiger partial charge < -0.3 is 15.4 Å². The largest absolute Gasteiger partial charge is 0.496 e. The van der Waals surface area contributed by atoms with Crippen LogP contribution in [0.3, 0.4) is 0 Å². The second-order valence-electron chi connectivity index (χ2n) is 6.85. The van der Waals surface area contributed by atoms with Crippen LogP contribution in [-0.2, 0) is 6.42 Å². The molecule has 0 aliphatic heterocycles. The SMILES string of the molecule is COc1ccc(C(C)C)cc1C(CN)Cc1ccc(N(C)C)cc1. The van der Waals surface area contributed by atoms with Gasteiger partial charge in [-0.2, -0.15) is 0 Å². The molecule has 0 bridgehead atoms. The van der Waals surface area contributed by atoms with Gasteiger partial charge in [0.05, 0.1) is 7.11 Å². The molecule has 1 atom stereocenters. The molecule has 0 aliphatic carbocycles. The van der Waals surface area contributed by atoms with Crippen LogP contribution in [0.2, 0.25) is 0 Å². The lowest BCUT2D eigenvalue weighted by molar-refractivity contribution is 0.405. The molecule has 3 heteroatoms. The molecule has 0 spiro atoms. The Balaban J connectivity index is 2.28. The van der Waals surface area contributed by atoms with Crippen molar-refractivity contribution in [2.75, 3.05) is 32.6 Å². The van der Waals surface area contributed by atoms with Crippen molar-refractivity contribution in [2.45, 2.75) is 32.1 Å². The summed E-state index contributed by atoms with van der Waals surface area (Å²) in [5.41, 5.74) is 11.2. The molecule has 0 saturated carbocycles. The quantitative estimate of drug-likeness (QED) is 0.830. The second-order valence-corrected chi connectivity index (χ2v) is 6.85. The van der Waals surface area contributed by atoms with Crippen LogP contribution in [0.4, 0.5) is 5.69 Å². The van der Waals surface area contributed by atoms with Gasteiger partial charge in [0.1, 0.15) is 5.75 Å². The molecule has 24 heavy (non-hydrogen) atoms. The molecule has 130 valence electrons. The van der Waals surface area contributed by atoms with E-state index in [-0.39, 0.29) is 5.92 Å². The van der Waals surface area contributed by atoms with Gasteiger partial charge >= 0.3 is 0 Å². The van der Waals surface area contributed by atoms with E-state index < -0.39 is 0 Å². The molecular formula is C21H30N2O. The minimum Gasteiger partial charge on any atom is -0.496 e. The van der Waals surface area contributed by atoms with E-state index in [1.165, 1.54) is 22.4 Å². The fourth-order valence-electron chi connectivity index (χ4n) is 2.97. The van der Waals surface area contributed by atoms with E-state index in [4.69, 9.17) is 10.5 Å². The zero-order valence-electron chi connectivity index (χ0n) is 15.5. The minimum atomic E-state index is 0.254. The first-order valence-electron chi connectivity index (χ1n) is 8.60. The number of ether oxygens (including phenoxy) is 1. The molecule has 0 radical (unpaired) electrons. The van der Waals surface area contributed by atoms with Gasteiger partial charge in [0, 0.05) is 25.7 Å². The highest BCUT2D eigenvalue weighted by atomic mass is 16.5. The van der Waals surface area contributed by atoms with Crippen LogP contribution in [0, 0.1) is 0 Å². The predicted molar refractivity (Wildman–Crippen MR) is 103 cm³/mol. The Bertz CT molecular complexity index is 647. The fraction of sp³-hybridized carbons (Fsp3) is 0.429. The Labute approximate surface area is 146 Å².